The predicted octanol–water partition coefficient (Wildman–Crippen LogP) is 1.18. The molecule has 1 rings (SSSR count). The highest BCUT2D eigenvalue weighted by molar-refractivity contribution is 5.78. The molecule has 1 unspecified atom stereocenters. The van der Waals surface area contributed by atoms with Crippen LogP contribution >= 0.6 is 0 Å². The summed E-state index contributed by atoms with van der Waals surface area (Å²) in [6, 6.07) is 4.54. The zero-order valence-corrected chi connectivity index (χ0v) is 8.65. The Hall–Kier alpha value is -1.84. The van der Waals surface area contributed by atoms with Crippen LogP contribution < -0.4 is 5.32 Å². The van der Waals surface area contributed by atoms with E-state index in [0.717, 1.165) is 11.1 Å². The normalized spacial score (nSPS) is 11.9. The number of carbonyl (C=O) groups excluding carboxylic acids is 1. The van der Waals surface area contributed by atoms with E-state index in [1.165, 1.54) is 0 Å². The fraction of sp³-hybridized carbons (Fsp3) is 0.273. The minimum Gasteiger partial charge on any atom is -0.479 e. The van der Waals surface area contributed by atoms with E-state index < -0.39 is 12.0 Å². The number of amides is 1. The molecule has 0 aliphatic rings. The minimum absolute atomic E-state index is 0.403. The molecule has 0 heterocycles. The van der Waals surface area contributed by atoms with Gasteiger partial charge in [-0.1, -0.05) is 23.8 Å². The topological polar surface area (TPSA) is 66.4 Å². The first-order valence-electron chi connectivity index (χ1n) is 4.56. The van der Waals surface area contributed by atoms with Gasteiger partial charge in [-0.15, -0.1) is 0 Å². The van der Waals surface area contributed by atoms with Gasteiger partial charge in [-0.05, 0) is 25.0 Å². The van der Waals surface area contributed by atoms with Gasteiger partial charge in [0.2, 0.25) is 6.41 Å². The third-order valence-corrected chi connectivity index (χ3v) is 2.23. The number of nitrogens with one attached hydrogen (secondary N) is 1. The van der Waals surface area contributed by atoms with Crippen molar-refractivity contribution in [3.63, 3.8) is 0 Å². The molecule has 15 heavy (non-hydrogen) atoms. The molecule has 1 aromatic rings. The van der Waals surface area contributed by atoms with Crippen LogP contribution in [0.15, 0.2) is 18.2 Å². The lowest BCUT2D eigenvalue weighted by molar-refractivity contribution is -0.140. The van der Waals surface area contributed by atoms with Crippen LogP contribution in [0.2, 0.25) is 0 Å². The molecule has 2 N–H and O–H groups in total. The van der Waals surface area contributed by atoms with Crippen LogP contribution in [0, 0.1) is 13.8 Å². The number of rotatable bonds is 4. The summed E-state index contributed by atoms with van der Waals surface area (Å²) in [6.45, 7) is 3.69. The van der Waals surface area contributed by atoms with Gasteiger partial charge in [0.05, 0.1) is 0 Å². The van der Waals surface area contributed by atoms with Crippen molar-refractivity contribution >= 4 is 12.4 Å². The van der Waals surface area contributed by atoms with E-state index in [2.05, 4.69) is 5.32 Å². The zero-order chi connectivity index (χ0) is 11.4. The van der Waals surface area contributed by atoms with E-state index in [4.69, 9.17) is 5.11 Å². The highest BCUT2D eigenvalue weighted by Crippen LogP contribution is 2.19. The third-order valence-electron chi connectivity index (χ3n) is 2.23. The Kier molecular flexibility index (Phi) is 3.44. The summed E-state index contributed by atoms with van der Waals surface area (Å²) in [4.78, 5) is 21.2. The van der Waals surface area contributed by atoms with Gasteiger partial charge in [-0.3, -0.25) is 4.79 Å². The molecule has 1 amide bonds. The Labute approximate surface area is 87.9 Å². The predicted molar refractivity (Wildman–Crippen MR) is 55.5 cm³/mol. The smallest absolute Gasteiger partial charge is 0.330 e. The Morgan fingerprint density at radius 3 is 2.67 bits per heavy atom. The fourth-order valence-corrected chi connectivity index (χ4v) is 1.43. The quantitative estimate of drug-likeness (QED) is 0.728. The van der Waals surface area contributed by atoms with Crippen molar-refractivity contribution in [1.82, 2.24) is 5.32 Å². The number of hydrogen-bond acceptors (Lipinski definition) is 2. The van der Waals surface area contributed by atoms with Gasteiger partial charge in [0.1, 0.15) is 0 Å². The highest BCUT2D eigenvalue weighted by Gasteiger charge is 2.20. The molecule has 0 radical (unpaired) electrons. The second kappa shape index (κ2) is 4.59. The Morgan fingerprint density at radius 2 is 2.13 bits per heavy atom. The number of carboxylic acid groups (broad SMARTS) is 1. The van der Waals surface area contributed by atoms with Crippen LogP contribution in [0.3, 0.4) is 0 Å². The summed E-state index contributed by atoms with van der Waals surface area (Å²) in [6.07, 6.45) is 0.403. The summed E-state index contributed by atoms with van der Waals surface area (Å²) in [5, 5.41) is 11.2. The van der Waals surface area contributed by atoms with Crippen molar-refractivity contribution in [1.29, 1.82) is 0 Å². The summed E-state index contributed by atoms with van der Waals surface area (Å²) in [5.74, 6) is -1.06. The van der Waals surface area contributed by atoms with Gasteiger partial charge >= 0.3 is 5.97 Å². The number of benzene rings is 1. The Bertz CT molecular complexity index is 387. The van der Waals surface area contributed by atoms with Crippen molar-refractivity contribution in [2.45, 2.75) is 19.9 Å². The van der Waals surface area contributed by atoms with Gasteiger partial charge in [0.25, 0.3) is 0 Å². The summed E-state index contributed by atoms with van der Waals surface area (Å²) >= 11 is 0. The van der Waals surface area contributed by atoms with Crippen molar-refractivity contribution < 1.29 is 14.7 Å². The molecule has 0 aliphatic heterocycles. The molecule has 80 valence electrons. The number of aryl methyl sites for hydroxylation is 2. The average molecular weight is 207 g/mol. The van der Waals surface area contributed by atoms with E-state index in [1.54, 1.807) is 6.07 Å². The number of hydrogen-bond donors (Lipinski definition) is 2. The highest BCUT2D eigenvalue weighted by atomic mass is 16.4. The number of carboxylic acids is 1. The number of aliphatic carboxylic acids is 1. The van der Waals surface area contributed by atoms with Crippen molar-refractivity contribution in [3.05, 3.63) is 34.9 Å². The Balaban J connectivity index is 3.15. The molecule has 0 aromatic heterocycles. The zero-order valence-electron chi connectivity index (χ0n) is 8.65. The van der Waals surface area contributed by atoms with Crippen LogP contribution in [-0.4, -0.2) is 17.5 Å². The molecule has 0 saturated carbocycles. The maximum atomic E-state index is 10.9. The van der Waals surface area contributed by atoms with E-state index in [1.807, 2.05) is 26.0 Å². The van der Waals surface area contributed by atoms with Crippen LogP contribution in [0.4, 0.5) is 0 Å². The molecular weight excluding hydrogens is 194 g/mol. The number of carbonyl (C=O) groups is 2. The molecule has 0 bridgehead atoms. The van der Waals surface area contributed by atoms with E-state index >= 15 is 0 Å². The SMILES string of the molecule is Cc1ccc(C)c(C(NC=O)C(=O)O)c1. The van der Waals surface area contributed by atoms with Crippen molar-refractivity contribution in [3.8, 4) is 0 Å². The first kappa shape index (κ1) is 11.2. The molecule has 4 nitrogen and oxygen atoms in total. The van der Waals surface area contributed by atoms with Crippen molar-refractivity contribution in [2.24, 2.45) is 0 Å². The van der Waals surface area contributed by atoms with Gasteiger partial charge in [0, 0.05) is 0 Å². The van der Waals surface area contributed by atoms with Gasteiger partial charge in [0.15, 0.2) is 6.04 Å². The minimum atomic E-state index is -1.06. The molecule has 1 atom stereocenters. The van der Waals surface area contributed by atoms with Gasteiger partial charge < -0.3 is 10.4 Å². The molecule has 0 aliphatic carbocycles. The average Bonchev–Trinajstić information content (AvgIpc) is 2.18. The largest absolute Gasteiger partial charge is 0.479 e. The van der Waals surface area contributed by atoms with Crippen LogP contribution in [0.1, 0.15) is 22.7 Å². The third kappa shape index (κ3) is 2.56. The Morgan fingerprint density at radius 1 is 1.47 bits per heavy atom. The molecule has 1 aromatic carbocycles. The standard InChI is InChI=1S/C11H13NO3/c1-7-3-4-8(2)9(5-7)10(11(14)15)12-6-13/h3-6,10H,1-2H3,(H,12,13)(H,14,15). The van der Waals surface area contributed by atoms with Gasteiger partial charge in [-0.2, -0.15) is 0 Å². The molecule has 0 fully saturated rings. The lowest BCUT2D eigenvalue weighted by atomic mass is 9.99. The monoisotopic (exact) mass is 207 g/mol. The van der Waals surface area contributed by atoms with E-state index in [0.29, 0.717) is 12.0 Å². The summed E-state index contributed by atoms with van der Waals surface area (Å²) in [7, 11) is 0. The lowest BCUT2D eigenvalue weighted by Crippen LogP contribution is -2.27. The summed E-state index contributed by atoms with van der Waals surface area (Å²) < 4.78 is 0. The van der Waals surface area contributed by atoms with Crippen LogP contribution in [-0.2, 0) is 9.59 Å². The van der Waals surface area contributed by atoms with Crippen LogP contribution in [0.25, 0.3) is 0 Å². The lowest BCUT2D eigenvalue weighted by Gasteiger charge is -2.14. The fourth-order valence-electron chi connectivity index (χ4n) is 1.43. The van der Waals surface area contributed by atoms with Crippen LogP contribution in [0.5, 0.6) is 0 Å². The second-order valence-corrected chi connectivity index (χ2v) is 3.42. The van der Waals surface area contributed by atoms with Crippen molar-refractivity contribution in [2.75, 3.05) is 0 Å². The molecule has 0 spiro atoms. The molecule has 4 heteroatoms. The molecular formula is C11H13NO3. The summed E-state index contributed by atoms with van der Waals surface area (Å²) in [5.41, 5.74) is 2.44. The van der Waals surface area contributed by atoms with Gasteiger partial charge in [-0.25, -0.2) is 4.79 Å². The first-order chi connectivity index (χ1) is 7.06. The molecule has 0 saturated heterocycles. The maximum absolute atomic E-state index is 10.9. The van der Waals surface area contributed by atoms with E-state index in [-0.39, 0.29) is 0 Å². The first-order valence-corrected chi connectivity index (χ1v) is 4.56. The maximum Gasteiger partial charge on any atom is 0.330 e. The second-order valence-electron chi connectivity index (χ2n) is 3.42. The van der Waals surface area contributed by atoms with E-state index in [9.17, 15) is 9.59 Å².